The van der Waals surface area contributed by atoms with Crippen LogP contribution in [0.25, 0.3) is 5.57 Å². The molecule has 3 nitrogen and oxygen atoms in total. The Hall–Kier alpha value is -2.03. The van der Waals surface area contributed by atoms with E-state index in [1.165, 1.54) is 5.56 Å². The maximum absolute atomic E-state index is 5.86. The van der Waals surface area contributed by atoms with Gasteiger partial charge in [0, 0.05) is 17.6 Å². The number of ether oxygens (including phenoxy) is 1. The van der Waals surface area contributed by atoms with E-state index in [0.717, 1.165) is 29.0 Å². The zero-order valence-electron chi connectivity index (χ0n) is 9.73. The van der Waals surface area contributed by atoms with Crippen LogP contribution in [0.3, 0.4) is 0 Å². The average Bonchev–Trinajstić information content (AvgIpc) is 2.94. The summed E-state index contributed by atoms with van der Waals surface area (Å²) in [6, 6.07) is 6.21. The van der Waals surface area contributed by atoms with E-state index in [1.807, 2.05) is 6.07 Å². The normalized spacial score (nSPS) is 17.6. The van der Waals surface area contributed by atoms with E-state index >= 15 is 0 Å². The van der Waals surface area contributed by atoms with Crippen molar-refractivity contribution in [1.29, 1.82) is 0 Å². The molecule has 1 aromatic carbocycles. The molecule has 0 saturated carbocycles. The highest BCUT2D eigenvalue weighted by Gasteiger charge is 2.23. The molecule has 0 spiro atoms. The molecule has 1 aliphatic heterocycles. The van der Waals surface area contributed by atoms with Crippen LogP contribution < -0.4 is 4.74 Å². The second-order valence-corrected chi connectivity index (χ2v) is 4.37. The lowest BCUT2D eigenvalue weighted by atomic mass is 10.0. The van der Waals surface area contributed by atoms with Crippen molar-refractivity contribution in [3.63, 3.8) is 0 Å². The molecular weight excluding hydrogens is 212 g/mol. The number of aromatic amines is 1. The van der Waals surface area contributed by atoms with E-state index in [9.17, 15) is 0 Å². The van der Waals surface area contributed by atoms with Crippen molar-refractivity contribution in [2.24, 2.45) is 0 Å². The van der Waals surface area contributed by atoms with Gasteiger partial charge in [-0.1, -0.05) is 24.8 Å². The Morgan fingerprint density at radius 2 is 2.41 bits per heavy atom. The summed E-state index contributed by atoms with van der Waals surface area (Å²) in [7, 11) is 0. The number of hydrogen-bond donors (Lipinski definition) is 1. The van der Waals surface area contributed by atoms with Gasteiger partial charge in [0.15, 0.2) is 0 Å². The first-order valence-corrected chi connectivity index (χ1v) is 5.72. The number of benzene rings is 1. The molecule has 0 saturated heterocycles. The summed E-state index contributed by atoms with van der Waals surface area (Å²) in [6.45, 7) is 6.20. The number of hydrogen-bond acceptors (Lipinski definition) is 2. The third-order valence-corrected chi connectivity index (χ3v) is 3.07. The van der Waals surface area contributed by atoms with Crippen LogP contribution in [0, 0.1) is 0 Å². The van der Waals surface area contributed by atoms with Crippen LogP contribution in [-0.4, -0.2) is 16.1 Å². The lowest BCUT2D eigenvalue weighted by Gasteiger charge is -2.10. The van der Waals surface area contributed by atoms with Gasteiger partial charge in [-0.2, -0.15) is 0 Å². The summed E-state index contributed by atoms with van der Waals surface area (Å²) < 4.78 is 5.86. The summed E-state index contributed by atoms with van der Waals surface area (Å²) >= 11 is 0. The number of rotatable bonds is 2. The lowest BCUT2D eigenvalue weighted by Crippen LogP contribution is -2.06. The molecule has 3 heteroatoms. The molecule has 1 atom stereocenters. The summed E-state index contributed by atoms with van der Waals surface area (Å²) in [5, 5.41) is 0. The van der Waals surface area contributed by atoms with E-state index in [0.29, 0.717) is 0 Å². The van der Waals surface area contributed by atoms with Crippen LogP contribution >= 0.6 is 0 Å². The van der Waals surface area contributed by atoms with Gasteiger partial charge in [0.25, 0.3) is 0 Å². The van der Waals surface area contributed by atoms with Crippen LogP contribution in [0.5, 0.6) is 5.75 Å². The van der Waals surface area contributed by atoms with Gasteiger partial charge in [-0.15, -0.1) is 0 Å². The molecule has 0 amide bonds. The first-order valence-electron chi connectivity index (χ1n) is 5.72. The van der Waals surface area contributed by atoms with Gasteiger partial charge in [0.05, 0.1) is 18.2 Å². The Balaban J connectivity index is 2.06. The number of nitrogens with zero attached hydrogens (tertiary/aromatic N) is 1. The number of nitrogens with one attached hydrogen (secondary N) is 1. The zero-order valence-corrected chi connectivity index (χ0v) is 9.73. The second kappa shape index (κ2) is 3.77. The van der Waals surface area contributed by atoms with Crippen LogP contribution in [0.4, 0.5) is 0 Å². The monoisotopic (exact) mass is 226 g/mol. The number of aromatic nitrogens is 2. The molecule has 86 valence electrons. The third kappa shape index (κ3) is 1.64. The molecule has 1 N–H and O–H groups in total. The number of imidazole rings is 1. The van der Waals surface area contributed by atoms with Crippen molar-refractivity contribution in [3.05, 3.63) is 54.1 Å². The lowest BCUT2D eigenvalue weighted by molar-refractivity contribution is 0.254. The minimum Gasteiger partial charge on any atom is -0.489 e. The van der Waals surface area contributed by atoms with Gasteiger partial charge in [0.2, 0.25) is 0 Å². The first kappa shape index (κ1) is 10.1. The van der Waals surface area contributed by atoms with Gasteiger partial charge in [0.1, 0.15) is 11.9 Å². The van der Waals surface area contributed by atoms with Crippen LogP contribution in [0.2, 0.25) is 0 Å². The largest absolute Gasteiger partial charge is 0.489 e. The molecule has 2 aromatic rings. The highest BCUT2D eigenvalue weighted by molar-refractivity contribution is 5.80. The highest BCUT2D eigenvalue weighted by atomic mass is 16.5. The molecular formula is C14H14N2O. The van der Waals surface area contributed by atoms with Gasteiger partial charge >= 0.3 is 0 Å². The Morgan fingerprint density at radius 1 is 1.53 bits per heavy atom. The van der Waals surface area contributed by atoms with Crippen LogP contribution in [0.1, 0.15) is 23.7 Å². The van der Waals surface area contributed by atoms with Crippen molar-refractivity contribution in [3.8, 4) is 5.75 Å². The van der Waals surface area contributed by atoms with Gasteiger partial charge < -0.3 is 9.72 Å². The predicted octanol–water partition coefficient (Wildman–Crippen LogP) is 2.79. The van der Waals surface area contributed by atoms with Crippen molar-refractivity contribution >= 4 is 5.57 Å². The quantitative estimate of drug-likeness (QED) is 0.855. The topological polar surface area (TPSA) is 37.9 Å². The fourth-order valence-electron chi connectivity index (χ4n) is 2.24. The molecule has 3 rings (SSSR count). The van der Waals surface area contributed by atoms with E-state index in [4.69, 9.17) is 4.74 Å². The summed E-state index contributed by atoms with van der Waals surface area (Å²) in [4.78, 5) is 7.09. The Labute approximate surface area is 100 Å². The van der Waals surface area contributed by atoms with E-state index < -0.39 is 0 Å². The molecule has 17 heavy (non-hydrogen) atoms. The molecule has 0 aliphatic carbocycles. The summed E-state index contributed by atoms with van der Waals surface area (Å²) in [6.07, 6.45) is 4.66. The SMILES string of the molecule is C=C(c1cnc[nH]1)c1cccc2c1OC(C)C2. The van der Waals surface area contributed by atoms with E-state index in [2.05, 4.69) is 35.6 Å². The van der Waals surface area contributed by atoms with E-state index in [-0.39, 0.29) is 6.10 Å². The molecule has 0 radical (unpaired) electrons. The number of para-hydroxylation sites is 1. The van der Waals surface area contributed by atoms with Gasteiger partial charge in [-0.05, 0) is 12.5 Å². The van der Waals surface area contributed by atoms with E-state index in [1.54, 1.807) is 12.5 Å². The molecule has 0 bridgehead atoms. The highest BCUT2D eigenvalue weighted by Crippen LogP contribution is 2.37. The Kier molecular flexibility index (Phi) is 2.25. The van der Waals surface area contributed by atoms with Crippen molar-refractivity contribution in [1.82, 2.24) is 9.97 Å². The van der Waals surface area contributed by atoms with Crippen molar-refractivity contribution in [2.45, 2.75) is 19.4 Å². The smallest absolute Gasteiger partial charge is 0.130 e. The maximum atomic E-state index is 5.86. The van der Waals surface area contributed by atoms with Crippen molar-refractivity contribution < 1.29 is 4.74 Å². The number of H-pyrrole nitrogens is 1. The third-order valence-electron chi connectivity index (χ3n) is 3.07. The predicted molar refractivity (Wildman–Crippen MR) is 67.0 cm³/mol. The standard InChI is InChI=1S/C14H14N2O/c1-9-6-11-4-3-5-12(14(11)17-9)10(2)13-7-15-8-16-13/h3-5,7-9H,2,6H2,1H3,(H,15,16). The van der Waals surface area contributed by atoms with Gasteiger partial charge in [-0.25, -0.2) is 4.98 Å². The van der Waals surface area contributed by atoms with Crippen molar-refractivity contribution in [2.75, 3.05) is 0 Å². The average molecular weight is 226 g/mol. The zero-order chi connectivity index (χ0) is 11.8. The Bertz CT molecular complexity index is 558. The summed E-state index contributed by atoms with van der Waals surface area (Å²) in [5.74, 6) is 0.972. The summed E-state index contributed by atoms with van der Waals surface area (Å²) in [5.41, 5.74) is 4.17. The molecule has 1 aromatic heterocycles. The van der Waals surface area contributed by atoms with Crippen LogP contribution in [-0.2, 0) is 6.42 Å². The first-order chi connectivity index (χ1) is 8.25. The molecule has 1 aliphatic rings. The second-order valence-electron chi connectivity index (χ2n) is 4.37. The minimum atomic E-state index is 0.251. The fourth-order valence-corrected chi connectivity index (χ4v) is 2.24. The molecule has 0 fully saturated rings. The van der Waals surface area contributed by atoms with Crippen LogP contribution in [0.15, 0.2) is 37.3 Å². The maximum Gasteiger partial charge on any atom is 0.130 e. The molecule has 2 heterocycles. The number of fused-ring (bicyclic) bond motifs is 1. The fraction of sp³-hybridized carbons (Fsp3) is 0.214. The molecule has 1 unspecified atom stereocenters. The Morgan fingerprint density at radius 3 is 3.18 bits per heavy atom. The minimum absolute atomic E-state index is 0.251. The van der Waals surface area contributed by atoms with Gasteiger partial charge in [-0.3, -0.25) is 0 Å².